The molecule has 0 aliphatic rings. The molecule has 0 radical (unpaired) electrons. The van der Waals surface area contributed by atoms with E-state index < -0.39 is 5.60 Å². The third kappa shape index (κ3) is 2.16. The Kier molecular flexibility index (Phi) is 2.79. The van der Waals surface area contributed by atoms with Crippen LogP contribution in [0, 0.1) is 6.92 Å². The minimum absolute atomic E-state index is 0.530. The molecule has 20 heavy (non-hydrogen) atoms. The molecule has 3 aromatic rings. The highest BCUT2D eigenvalue weighted by atomic mass is 16.3. The maximum atomic E-state index is 9.98. The van der Waals surface area contributed by atoms with Crippen molar-refractivity contribution in [3.8, 4) is 5.69 Å². The van der Waals surface area contributed by atoms with E-state index in [0.29, 0.717) is 5.69 Å². The zero-order valence-electron chi connectivity index (χ0n) is 11.7. The van der Waals surface area contributed by atoms with Crippen molar-refractivity contribution in [2.24, 2.45) is 0 Å². The molecule has 2 heterocycles. The maximum absolute atomic E-state index is 9.98. The van der Waals surface area contributed by atoms with Gasteiger partial charge in [-0.15, -0.1) is 5.10 Å². The standard InChI is InChI=1S/C15H16N4O/c1-10-7-8-11-5-4-6-12(14(11)16-10)19-9-13(17-18-19)15(2,3)20/h4-9,20H,1-3H3. The number of nitrogens with zero attached hydrogens (tertiary/aromatic N) is 4. The van der Waals surface area contributed by atoms with Crippen LogP contribution >= 0.6 is 0 Å². The number of rotatable bonds is 2. The SMILES string of the molecule is Cc1ccc2cccc(-n3cc(C(C)(C)O)nn3)c2n1. The quantitative estimate of drug-likeness (QED) is 0.775. The molecular formula is C15H16N4O. The molecule has 5 nitrogen and oxygen atoms in total. The van der Waals surface area contributed by atoms with E-state index in [2.05, 4.69) is 15.3 Å². The highest BCUT2D eigenvalue weighted by molar-refractivity contribution is 5.86. The first-order valence-corrected chi connectivity index (χ1v) is 6.47. The summed E-state index contributed by atoms with van der Waals surface area (Å²) < 4.78 is 1.65. The van der Waals surface area contributed by atoms with Gasteiger partial charge in [-0.2, -0.15) is 0 Å². The highest BCUT2D eigenvalue weighted by Gasteiger charge is 2.20. The molecular weight excluding hydrogens is 252 g/mol. The van der Waals surface area contributed by atoms with Gasteiger partial charge in [0.25, 0.3) is 0 Å². The van der Waals surface area contributed by atoms with Gasteiger partial charge in [0.1, 0.15) is 11.3 Å². The molecule has 0 amide bonds. The lowest BCUT2D eigenvalue weighted by Crippen LogP contribution is -2.15. The number of benzene rings is 1. The van der Waals surface area contributed by atoms with Crippen LogP contribution in [0.5, 0.6) is 0 Å². The van der Waals surface area contributed by atoms with E-state index in [1.165, 1.54) is 0 Å². The van der Waals surface area contributed by atoms with Gasteiger partial charge < -0.3 is 5.11 Å². The summed E-state index contributed by atoms with van der Waals surface area (Å²) in [6.45, 7) is 5.33. The number of pyridine rings is 1. The Balaban J connectivity index is 2.19. The van der Waals surface area contributed by atoms with Crippen molar-refractivity contribution in [2.45, 2.75) is 26.4 Å². The van der Waals surface area contributed by atoms with Crippen molar-refractivity contribution in [3.63, 3.8) is 0 Å². The summed E-state index contributed by atoms with van der Waals surface area (Å²) in [5.41, 5.74) is 2.20. The third-order valence-electron chi connectivity index (χ3n) is 3.21. The Morgan fingerprint density at radius 3 is 2.65 bits per heavy atom. The van der Waals surface area contributed by atoms with Crippen molar-refractivity contribution in [1.29, 1.82) is 0 Å². The minimum atomic E-state index is -1.01. The van der Waals surface area contributed by atoms with E-state index in [4.69, 9.17) is 0 Å². The molecule has 0 fully saturated rings. The minimum Gasteiger partial charge on any atom is -0.384 e. The smallest absolute Gasteiger partial charge is 0.114 e. The van der Waals surface area contributed by atoms with Crippen LogP contribution in [0.1, 0.15) is 25.2 Å². The molecule has 3 rings (SSSR count). The van der Waals surface area contributed by atoms with Crippen LogP contribution in [0.2, 0.25) is 0 Å². The molecule has 102 valence electrons. The number of aromatic nitrogens is 4. The molecule has 2 aromatic heterocycles. The van der Waals surface area contributed by atoms with Crippen molar-refractivity contribution in [1.82, 2.24) is 20.0 Å². The van der Waals surface area contributed by atoms with Gasteiger partial charge in [-0.1, -0.05) is 23.4 Å². The van der Waals surface area contributed by atoms with Crippen LogP contribution in [0.25, 0.3) is 16.6 Å². The van der Waals surface area contributed by atoms with Crippen molar-refractivity contribution < 1.29 is 5.11 Å². The van der Waals surface area contributed by atoms with Crippen molar-refractivity contribution in [3.05, 3.63) is 47.9 Å². The second kappa shape index (κ2) is 4.38. The molecule has 0 saturated heterocycles. The lowest BCUT2D eigenvalue weighted by Gasteiger charge is -2.12. The molecule has 0 atom stereocenters. The first kappa shape index (κ1) is 12.7. The Bertz CT molecular complexity index is 771. The topological polar surface area (TPSA) is 63.8 Å². The van der Waals surface area contributed by atoms with Crippen LogP contribution in [0.15, 0.2) is 36.5 Å². The molecule has 0 aliphatic heterocycles. The molecule has 0 unspecified atom stereocenters. The first-order chi connectivity index (χ1) is 9.45. The average molecular weight is 268 g/mol. The van der Waals surface area contributed by atoms with Crippen LogP contribution in [0.3, 0.4) is 0 Å². The van der Waals surface area contributed by atoms with E-state index in [1.54, 1.807) is 24.7 Å². The lowest BCUT2D eigenvalue weighted by molar-refractivity contribution is 0.0737. The Morgan fingerprint density at radius 2 is 1.95 bits per heavy atom. The van der Waals surface area contributed by atoms with E-state index in [-0.39, 0.29) is 0 Å². The number of hydrogen-bond acceptors (Lipinski definition) is 4. The summed E-state index contributed by atoms with van der Waals surface area (Å²) in [5.74, 6) is 0. The van der Waals surface area contributed by atoms with Gasteiger partial charge in [0.05, 0.1) is 17.4 Å². The van der Waals surface area contributed by atoms with Gasteiger partial charge in [-0.05, 0) is 32.9 Å². The molecule has 0 saturated carbocycles. The number of para-hydroxylation sites is 1. The van der Waals surface area contributed by atoms with E-state index in [1.807, 2.05) is 37.3 Å². The number of aryl methyl sites for hydroxylation is 1. The van der Waals surface area contributed by atoms with Crippen molar-refractivity contribution >= 4 is 10.9 Å². The summed E-state index contributed by atoms with van der Waals surface area (Å²) >= 11 is 0. The van der Waals surface area contributed by atoms with Crippen LogP contribution in [-0.2, 0) is 5.60 Å². The number of hydrogen-bond donors (Lipinski definition) is 1. The average Bonchev–Trinajstić information content (AvgIpc) is 2.87. The molecule has 0 bridgehead atoms. The fraction of sp³-hybridized carbons (Fsp3) is 0.267. The van der Waals surface area contributed by atoms with Gasteiger partial charge in [0.2, 0.25) is 0 Å². The maximum Gasteiger partial charge on any atom is 0.114 e. The summed E-state index contributed by atoms with van der Waals surface area (Å²) in [7, 11) is 0. The summed E-state index contributed by atoms with van der Waals surface area (Å²) in [4.78, 5) is 4.57. The highest BCUT2D eigenvalue weighted by Crippen LogP contribution is 2.22. The predicted molar refractivity (Wildman–Crippen MR) is 76.6 cm³/mol. The molecule has 1 N–H and O–H groups in total. The normalized spacial score (nSPS) is 12.0. The first-order valence-electron chi connectivity index (χ1n) is 6.47. The van der Waals surface area contributed by atoms with Crippen molar-refractivity contribution in [2.75, 3.05) is 0 Å². The third-order valence-corrected chi connectivity index (χ3v) is 3.21. The molecule has 1 aromatic carbocycles. The van der Waals surface area contributed by atoms with Gasteiger partial charge in [-0.25, -0.2) is 4.68 Å². The van der Waals surface area contributed by atoms with E-state index in [0.717, 1.165) is 22.3 Å². The van der Waals surface area contributed by atoms with Gasteiger partial charge in [-0.3, -0.25) is 4.98 Å². The van der Waals surface area contributed by atoms with Crippen LogP contribution in [-0.4, -0.2) is 25.1 Å². The Hall–Kier alpha value is -2.27. The molecule has 0 aliphatic carbocycles. The number of aliphatic hydroxyl groups is 1. The van der Waals surface area contributed by atoms with E-state index >= 15 is 0 Å². The Morgan fingerprint density at radius 1 is 1.15 bits per heavy atom. The summed E-state index contributed by atoms with van der Waals surface area (Å²) in [5, 5.41) is 19.2. The fourth-order valence-electron chi connectivity index (χ4n) is 2.08. The zero-order chi connectivity index (χ0) is 14.3. The van der Waals surface area contributed by atoms with E-state index in [9.17, 15) is 5.11 Å². The molecule has 5 heteroatoms. The molecule has 0 spiro atoms. The fourth-order valence-corrected chi connectivity index (χ4v) is 2.08. The second-order valence-corrected chi connectivity index (χ2v) is 5.41. The predicted octanol–water partition coefficient (Wildman–Crippen LogP) is 2.35. The van der Waals surface area contributed by atoms with Crippen LogP contribution < -0.4 is 0 Å². The summed E-state index contributed by atoms with van der Waals surface area (Å²) in [6, 6.07) is 9.93. The zero-order valence-corrected chi connectivity index (χ0v) is 11.7. The lowest BCUT2D eigenvalue weighted by atomic mass is 10.1. The van der Waals surface area contributed by atoms with Gasteiger partial charge >= 0.3 is 0 Å². The Labute approximate surface area is 116 Å². The number of fused-ring (bicyclic) bond motifs is 1. The second-order valence-electron chi connectivity index (χ2n) is 5.41. The monoisotopic (exact) mass is 268 g/mol. The summed E-state index contributed by atoms with van der Waals surface area (Å²) in [6.07, 6.45) is 1.73. The largest absolute Gasteiger partial charge is 0.384 e. The van der Waals surface area contributed by atoms with Crippen LogP contribution in [0.4, 0.5) is 0 Å². The van der Waals surface area contributed by atoms with Gasteiger partial charge in [0, 0.05) is 11.1 Å². The van der Waals surface area contributed by atoms with Gasteiger partial charge in [0.15, 0.2) is 0 Å².